The molecule has 0 fully saturated rings. The first kappa shape index (κ1) is 12.0. The van der Waals surface area contributed by atoms with Gasteiger partial charge in [0, 0.05) is 31.0 Å². The van der Waals surface area contributed by atoms with Gasteiger partial charge in [0.25, 0.3) is 0 Å². The minimum atomic E-state index is -0.0519. The molecule has 1 aromatic heterocycles. The Morgan fingerprint density at radius 1 is 1.35 bits per heavy atom. The topological polar surface area (TPSA) is 52.9 Å². The Morgan fingerprint density at radius 2 is 2.12 bits per heavy atom. The lowest BCUT2D eigenvalue weighted by Gasteiger charge is -2.06. The van der Waals surface area contributed by atoms with Crippen LogP contribution in [-0.2, 0) is 20.1 Å². The van der Waals surface area contributed by atoms with E-state index in [4.69, 9.17) is 17.3 Å². The van der Waals surface area contributed by atoms with E-state index >= 15 is 0 Å². The number of nitrogens with zero attached hydrogens (tertiary/aromatic N) is 2. The second-order valence-corrected chi connectivity index (χ2v) is 4.36. The molecule has 0 bridgehead atoms. The molecule has 0 atom stereocenters. The van der Waals surface area contributed by atoms with E-state index < -0.39 is 0 Å². The highest BCUT2D eigenvalue weighted by Crippen LogP contribution is 2.18. The molecule has 90 valence electrons. The van der Waals surface area contributed by atoms with Crippen molar-refractivity contribution in [1.29, 1.82) is 0 Å². The zero-order chi connectivity index (χ0) is 12.4. The smallest absolute Gasteiger partial charge is 0.326 e. The summed E-state index contributed by atoms with van der Waals surface area (Å²) < 4.78 is 3.14. The summed E-state index contributed by atoms with van der Waals surface area (Å²) in [6.07, 6.45) is 3.47. The van der Waals surface area contributed by atoms with Crippen LogP contribution >= 0.6 is 11.6 Å². The molecule has 2 rings (SSSR count). The van der Waals surface area contributed by atoms with E-state index in [2.05, 4.69) is 0 Å². The summed E-state index contributed by atoms with van der Waals surface area (Å²) in [5, 5.41) is 0.642. The van der Waals surface area contributed by atoms with E-state index in [1.165, 1.54) is 4.57 Å². The molecule has 0 spiro atoms. The predicted octanol–water partition coefficient (Wildman–Crippen LogP) is 1.35. The van der Waals surface area contributed by atoms with Crippen molar-refractivity contribution in [2.45, 2.75) is 13.1 Å². The van der Waals surface area contributed by atoms with Crippen LogP contribution in [0.25, 0.3) is 0 Å². The van der Waals surface area contributed by atoms with E-state index in [9.17, 15) is 4.79 Å². The highest BCUT2D eigenvalue weighted by Gasteiger charge is 2.05. The van der Waals surface area contributed by atoms with Crippen molar-refractivity contribution in [3.63, 3.8) is 0 Å². The van der Waals surface area contributed by atoms with Crippen molar-refractivity contribution < 1.29 is 0 Å². The van der Waals surface area contributed by atoms with Gasteiger partial charge in [0.05, 0.1) is 6.54 Å². The molecule has 2 aromatic rings. The van der Waals surface area contributed by atoms with Gasteiger partial charge in [0.1, 0.15) is 0 Å². The molecule has 0 aliphatic carbocycles. The van der Waals surface area contributed by atoms with Crippen LogP contribution in [0, 0.1) is 0 Å². The van der Waals surface area contributed by atoms with Gasteiger partial charge in [0.2, 0.25) is 0 Å². The normalized spacial score (nSPS) is 10.8. The van der Waals surface area contributed by atoms with Crippen LogP contribution in [0.15, 0.2) is 35.4 Å². The van der Waals surface area contributed by atoms with Crippen molar-refractivity contribution in [2.75, 3.05) is 0 Å². The molecular weight excluding hydrogens is 238 g/mol. The van der Waals surface area contributed by atoms with Gasteiger partial charge in [-0.3, -0.25) is 4.57 Å². The van der Waals surface area contributed by atoms with Gasteiger partial charge in [-0.2, -0.15) is 0 Å². The molecule has 0 saturated heterocycles. The van der Waals surface area contributed by atoms with Crippen LogP contribution in [0.2, 0.25) is 5.02 Å². The van der Waals surface area contributed by atoms with Crippen molar-refractivity contribution in [1.82, 2.24) is 9.13 Å². The van der Waals surface area contributed by atoms with Crippen LogP contribution in [0.1, 0.15) is 11.1 Å². The standard InChI is InChI=1S/C12H14ClN3O/c1-15-4-5-16(12(15)17)8-10-3-2-9(7-14)6-11(10)13/h2-6H,7-8,14H2,1H3. The van der Waals surface area contributed by atoms with Gasteiger partial charge < -0.3 is 10.3 Å². The molecule has 0 radical (unpaired) electrons. The maximum absolute atomic E-state index is 11.7. The molecule has 0 aliphatic rings. The zero-order valence-corrected chi connectivity index (χ0v) is 10.3. The number of aromatic nitrogens is 2. The Hall–Kier alpha value is -1.52. The SMILES string of the molecule is Cn1ccn(Cc2ccc(CN)cc2Cl)c1=O. The summed E-state index contributed by atoms with van der Waals surface area (Å²) >= 11 is 6.14. The summed E-state index contributed by atoms with van der Waals surface area (Å²) in [6.45, 7) is 0.939. The number of imidazole rings is 1. The molecule has 0 aliphatic heterocycles. The van der Waals surface area contributed by atoms with Crippen LogP contribution in [0.3, 0.4) is 0 Å². The van der Waals surface area contributed by atoms with Crippen molar-refractivity contribution in [3.8, 4) is 0 Å². The number of hydrogen-bond acceptors (Lipinski definition) is 2. The van der Waals surface area contributed by atoms with Gasteiger partial charge in [0.15, 0.2) is 0 Å². The maximum Gasteiger partial charge on any atom is 0.328 e. The third kappa shape index (κ3) is 2.43. The van der Waals surface area contributed by atoms with E-state index in [1.54, 1.807) is 24.0 Å². The van der Waals surface area contributed by atoms with E-state index in [0.29, 0.717) is 18.1 Å². The lowest BCUT2D eigenvalue weighted by molar-refractivity contribution is 0.717. The Labute approximate surface area is 104 Å². The van der Waals surface area contributed by atoms with E-state index in [0.717, 1.165) is 11.1 Å². The molecule has 1 heterocycles. The molecule has 0 saturated carbocycles. The predicted molar refractivity (Wildman–Crippen MR) is 68.1 cm³/mol. The monoisotopic (exact) mass is 251 g/mol. The van der Waals surface area contributed by atoms with Gasteiger partial charge in [-0.15, -0.1) is 0 Å². The molecule has 0 amide bonds. The summed E-state index contributed by atoms with van der Waals surface area (Å²) in [5.41, 5.74) is 7.38. The van der Waals surface area contributed by atoms with Gasteiger partial charge in [-0.05, 0) is 17.2 Å². The van der Waals surface area contributed by atoms with Crippen LogP contribution in [-0.4, -0.2) is 9.13 Å². The fourth-order valence-electron chi connectivity index (χ4n) is 1.66. The quantitative estimate of drug-likeness (QED) is 0.895. The Kier molecular flexibility index (Phi) is 3.36. The number of hydrogen-bond donors (Lipinski definition) is 1. The average Bonchev–Trinajstić information content (AvgIpc) is 2.63. The Balaban J connectivity index is 2.30. The van der Waals surface area contributed by atoms with E-state index in [1.807, 2.05) is 18.2 Å². The zero-order valence-electron chi connectivity index (χ0n) is 9.56. The third-order valence-corrected chi connectivity index (χ3v) is 3.06. The first-order valence-electron chi connectivity index (χ1n) is 5.31. The molecule has 2 N–H and O–H groups in total. The molecular formula is C12H14ClN3O. The Bertz CT molecular complexity index is 586. The molecule has 1 aromatic carbocycles. The van der Waals surface area contributed by atoms with Gasteiger partial charge >= 0.3 is 5.69 Å². The number of rotatable bonds is 3. The number of nitrogens with two attached hydrogens (primary N) is 1. The lowest BCUT2D eigenvalue weighted by Crippen LogP contribution is -2.22. The first-order chi connectivity index (χ1) is 8.11. The molecule has 4 nitrogen and oxygen atoms in total. The minimum absolute atomic E-state index is 0.0519. The van der Waals surface area contributed by atoms with E-state index in [-0.39, 0.29) is 5.69 Å². The first-order valence-corrected chi connectivity index (χ1v) is 5.68. The number of benzene rings is 1. The van der Waals surface area contributed by atoms with Crippen LogP contribution in [0.5, 0.6) is 0 Å². The fourth-order valence-corrected chi connectivity index (χ4v) is 1.92. The highest BCUT2D eigenvalue weighted by atomic mass is 35.5. The third-order valence-electron chi connectivity index (χ3n) is 2.71. The fraction of sp³-hybridized carbons (Fsp3) is 0.250. The molecule has 17 heavy (non-hydrogen) atoms. The van der Waals surface area contributed by atoms with Crippen LogP contribution < -0.4 is 11.4 Å². The van der Waals surface area contributed by atoms with Gasteiger partial charge in [-0.25, -0.2) is 4.79 Å². The number of halogens is 1. The highest BCUT2D eigenvalue weighted by molar-refractivity contribution is 6.31. The summed E-state index contributed by atoms with van der Waals surface area (Å²) in [5.74, 6) is 0. The molecule has 5 heteroatoms. The lowest BCUT2D eigenvalue weighted by atomic mass is 10.1. The van der Waals surface area contributed by atoms with Crippen molar-refractivity contribution in [3.05, 3.63) is 57.2 Å². The van der Waals surface area contributed by atoms with Crippen LogP contribution in [0.4, 0.5) is 0 Å². The second-order valence-electron chi connectivity index (χ2n) is 3.95. The largest absolute Gasteiger partial charge is 0.328 e. The average molecular weight is 252 g/mol. The minimum Gasteiger partial charge on any atom is -0.326 e. The molecule has 0 unspecified atom stereocenters. The summed E-state index contributed by atoms with van der Waals surface area (Å²) in [7, 11) is 1.72. The van der Waals surface area contributed by atoms with Crippen molar-refractivity contribution in [2.24, 2.45) is 12.8 Å². The van der Waals surface area contributed by atoms with Crippen molar-refractivity contribution >= 4 is 11.6 Å². The maximum atomic E-state index is 11.7. The Morgan fingerprint density at radius 3 is 2.65 bits per heavy atom. The number of aryl methyl sites for hydroxylation is 1. The van der Waals surface area contributed by atoms with Gasteiger partial charge in [-0.1, -0.05) is 23.7 Å². The second kappa shape index (κ2) is 4.77. The summed E-state index contributed by atoms with van der Waals surface area (Å²) in [6, 6.07) is 5.67. The summed E-state index contributed by atoms with van der Waals surface area (Å²) in [4.78, 5) is 11.7.